The van der Waals surface area contributed by atoms with E-state index in [9.17, 15) is 19.2 Å². The maximum absolute atomic E-state index is 12.2. The molecule has 14 heteroatoms. The standard InChI is InChI=1S/C32H32N6O6S2/c1-19(39)33-31-35-37(21(3)41)29(45-31)25-10-6-12-27(15-25)43-17-23-8-5-9-24(14-23)18-44-28-13-7-11-26(16-28)30-38(22(4)42)36-32(46-30)34-20(2)40/h5-16,29-30H,17-18H2,1-4H3,(H,33,35,39)(H,34,36,40). The molecule has 4 amide bonds. The van der Waals surface area contributed by atoms with Crippen LogP contribution in [0.1, 0.15) is 60.7 Å². The van der Waals surface area contributed by atoms with E-state index in [0.717, 1.165) is 22.3 Å². The molecule has 0 aliphatic carbocycles. The zero-order valence-electron chi connectivity index (χ0n) is 25.6. The van der Waals surface area contributed by atoms with Crippen LogP contribution in [-0.2, 0) is 32.4 Å². The number of hydrazone groups is 2. The molecule has 0 saturated carbocycles. The van der Waals surface area contributed by atoms with Gasteiger partial charge in [0.25, 0.3) is 0 Å². The number of hydrogen-bond acceptors (Lipinski definition) is 10. The summed E-state index contributed by atoms with van der Waals surface area (Å²) in [6.45, 7) is 6.26. The van der Waals surface area contributed by atoms with Crippen molar-refractivity contribution in [3.05, 3.63) is 95.1 Å². The minimum atomic E-state index is -0.425. The molecule has 0 radical (unpaired) electrons. The predicted molar refractivity (Wildman–Crippen MR) is 176 cm³/mol. The quantitative estimate of drug-likeness (QED) is 0.350. The zero-order chi connectivity index (χ0) is 32.8. The van der Waals surface area contributed by atoms with Crippen LogP contribution in [-0.4, -0.2) is 44.0 Å². The largest absolute Gasteiger partial charge is 0.489 e. The Labute approximate surface area is 274 Å². The lowest BCUT2D eigenvalue weighted by Gasteiger charge is -2.20. The Bertz CT molecular complexity index is 1610. The lowest BCUT2D eigenvalue weighted by Crippen LogP contribution is -2.25. The second-order valence-corrected chi connectivity index (χ2v) is 12.5. The smallest absolute Gasteiger partial charge is 0.241 e. The lowest BCUT2D eigenvalue weighted by molar-refractivity contribution is -0.130. The van der Waals surface area contributed by atoms with Gasteiger partial charge in [-0.05, 0) is 52.6 Å². The van der Waals surface area contributed by atoms with Crippen molar-refractivity contribution in [3.63, 3.8) is 0 Å². The van der Waals surface area contributed by atoms with Gasteiger partial charge in [0, 0.05) is 27.7 Å². The van der Waals surface area contributed by atoms with E-state index in [1.54, 1.807) is 0 Å². The molecule has 46 heavy (non-hydrogen) atoms. The monoisotopic (exact) mass is 660 g/mol. The molecule has 2 aliphatic heterocycles. The number of rotatable bonds is 8. The minimum Gasteiger partial charge on any atom is -0.489 e. The molecule has 0 spiro atoms. The van der Waals surface area contributed by atoms with Crippen molar-refractivity contribution in [1.82, 2.24) is 20.7 Å². The van der Waals surface area contributed by atoms with Gasteiger partial charge in [-0.1, -0.05) is 66.0 Å². The van der Waals surface area contributed by atoms with Gasteiger partial charge in [-0.3, -0.25) is 19.2 Å². The number of carbonyl (C=O) groups excluding carboxylic acids is 4. The average molecular weight is 661 g/mol. The number of amides is 4. The summed E-state index contributed by atoms with van der Waals surface area (Å²) in [4.78, 5) is 47.4. The third-order valence-corrected chi connectivity index (χ3v) is 8.79. The summed E-state index contributed by atoms with van der Waals surface area (Å²) in [5, 5.41) is 16.4. The van der Waals surface area contributed by atoms with Gasteiger partial charge in [0.2, 0.25) is 23.6 Å². The summed E-state index contributed by atoms with van der Waals surface area (Å²) in [5.41, 5.74) is 3.51. The van der Waals surface area contributed by atoms with Crippen LogP contribution in [0.4, 0.5) is 0 Å². The van der Waals surface area contributed by atoms with Crippen molar-refractivity contribution in [3.8, 4) is 11.5 Å². The summed E-state index contributed by atoms with van der Waals surface area (Å²) >= 11 is 2.57. The minimum absolute atomic E-state index is 0.240. The van der Waals surface area contributed by atoms with Crippen molar-refractivity contribution in [2.75, 3.05) is 0 Å². The fourth-order valence-corrected chi connectivity index (χ4v) is 6.87. The van der Waals surface area contributed by atoms with E-state index in [2.05, 4.69) is 20.8 Å². The summed E-state index contributed by atoms with van der Waals surface area (Å²) < 4.78 is 12.2. The second kappa shape index (κ2) is 14.5. The van der Waals surface area contributed by atoms with Crippen LogP contribution in [0.25, 0.3) is 0 Å². The first-order valence-corrected chi connectivity index (χ1v) is 16.0. The highest BCUT2D eigenvalue weighted by Gasteiger charge is 2.33. The van der Waals surface area contributed by atoms with Crippen molar-refractivity contribution in [1.29, 1.82) is 0 Å². The maximum Gasteiger partial charge on any atom is 0.241 e. The van der Waals surface area contributed by atoms with Crippen LogP contribution in [0, 0.1) is 0 Å². The molecule has 0 aromatic heterocycles. The molecule has 5 rings (SSSR count). The number of hydrogen-bond donors (Lipinski definition) is 2. The lowest BCUT2D eigenvalue weighted by atomic mass is 10.1. The number of benzene rings is 3. The molecule has 0 fully saturated rings. The van der Waals surface area contributed by atoms with Gasteiger partial charge in [0.15, 0.2) is 10.3 Å². The molecule has 3 aromatic carbocycles. The van der Waals surface area contributed by atoms with Crippen molar-refractivity contribution < 1.29 is 28.7 Å². The van der Waals surface area contributed by atoms with Crippen LogP contribution in [0.5, 0.6) is 11.5 Å². The Morgan fingerprint density at radius 2 is 1.07 bits per heavy atom. The first-order chi connectivity index (χ1) is 22.0. The molecule has 2 heterocycles. The van der Waals surface area contributed by atoms with Gasteiger partial charge in [-0.2, -0.15) is 0 Å². The van der Waals surface area contributed by atoms with Gasteiger partial charge in [0.05, 0.1) is 0 Å². The highest BCUT2D eigenvalue weighted by atomic mass is 32.2. The van der Waals surface area contributed by atoms with Crippen LogP contribution in [0.15, 0.2) is 83.0 Å². The third kappa shape index (κ3) is 8.25. The Kier molecular flexibility index (Phi) is 10.3. The van der Waals surface area contributed by atoms with Crippen LogP contribution in [0.3, 0.4) is 0 Å². The molecule has 238 valence electrons. The summed E-state index contributed by atoms with van der Waals surface area (Å²) in [6, 6.07) is 22.8. The topological polar surface area (TPSA) is 142 Å². The molecule has 2 atom stereocenters. The van der Waals surface area contributed by atoms with Gasteiger partial charge in [-0.25, -0.2) is 10.0 Å². The molecule has 2 N–H and O–H groups in total. The predicted octanol–water partition coefficient (Wildman–Crippen LogP) is 4.85. The van der Waals surface area contributed by atoms with Gasteiger partial charge >= 0.3 is 0 Å². The Balaban J connectivity index is 1.19. The molecule has 12 nitrogen and oxygen atoms in total. The molecule has 2 unspecified atom stereocenters. The molecule has 0 bridgehead atoms. The zero-order valence-corrected chi connectivity index (χ0v) is 27.2. The van der Waals surface area contributed by atoms with Gasteiger partial charge in [0.1, 0.15) is 35.5 Å². The van der Waals surface area contributed by atoms with Crippen LogP contribution in [0.2, 0.25) is 0 Å². The molecule has 3 aromatic rings. The van der Waals surface area contributed by atoms with Gasteiger partial charge < -0.3 is 20.1 Å². The van der Waals surface area contributed by atoms with Crippen molar-refractivity contribution in [2.45, 2.75) is 51.7 Å². The Morgan fingerprint density at radius 1 is 0.652 bits per heavy atom. The third-order valence-electron chi connectivity index (χ3n) is 6.59. The molecular weight excluding hydrogens is 629 g/mol. The summed E-state index contributed by atoms with van der Waals surface area (Å²) in [7, 11) is 0. The van der Waals surface area contributed by atoms with E-state index in [1.165, 1.54) is 61.2 Å². The molecule has 0 saturated heterocycles. The van der Waals surface area contributed by atoms with Crippen molar-refractivity contribution >= 4 is 57.5 Å². The summed E-state index contributed by atoms with van der Waals surface area (Å²) in [6.07, 6.45) is 0. The fourth-order valence-electron chi connectivity index (χ4n) is 4.62. The van der Waals surface area contributed by atoms with E-state index in [0.29, 0.717) is 35.0 Å². The number of amidine groups is 2. The van der Waals surface area contributed by atoms with Crippen LogP contribution >= 0.6 is 23.5 Å². The van der Waals surface area contributed by atoms with E-state index in [4.69, 9.17) is 9.47 Å². The Morgan fingerprint density at radius 3 is 1.46 bits per heavy atom. The fraction of sp³-hybridized carbons (Fsp3) is 0.250. The van der Waals surface area contributed by atoms with E-state index >= 15 is 0 Å². The summed E-state index contributed by atoms with van der Waals surface area (Å²) in [5.74, 6) is 0.259. The average Bonchev–Trinajstić information content (AvgIpc) is 3.64. The number of nitrogens with one attached hydrogen (secondary N) is 2. The molecular formula is C32H32N6O6S2. The maximum atomic E-state index is 12.2. The SMILES string of the molecule is CC(=O)NC1=NN(C(C)=O)C(c2cccc(OCc3cccc(COc4cccc(C5SC(NC(C)=O)=NN5C(C)=O)c4)c3)c2)S1. The first kappa shape index (κ1) is 32.6. The number of ether oxygens (including phenoxy) is 2. The molecule has 2 aliphatic rings. The van der Waals surface area contributed by atoms with E-state index < -0.39 is 10.7 Å². The normalized spacial score (nSPS) is 17.2. The van der Waals surface area contributed by atoms with E-state index in [-0.39, 0.29) is 23.6 Å². The number of nitrogens with zero attached hydrogens (tertiary/aromatic N) is 4. The number of carbonyl (C=O) groups is 4. The second-order valence-electron chi connectivity index (χ2n) is 10.4. The van der Waals surface area contributed by atoms with Gasteiger partial charge in [-0.15, -0.1) is 10.2 Å². The van der Waals surface area contributed by atoms with Crippen molar-refractivity contribution in [2.24, 2.45) is 10.2 Å². The highest BCUT2D eigenvalue weighted by Crippen LogP contribution is 2.41. The highest BCUT2D eigenvalue weighted by molar-refractivity contribution is 8.14. The first-order valence-electron chi connectivity index (χ1n) is 14.2. The van der Waals surface area contributed by atoms with E-state index in [1.807, 2.05) is 72.8 Å². The van der Waals surface area contributed by atoms with Crippen LogP contribution < -0.4 is 20.1 Å². The number of thioether (sulfide) groups is 2. The Hall–Kier alpha value is -4.82.